The highest BCUT2D eigenvalue weighted by molar-refractivity contribution is 5.82. The van der Waals surface area contributed by atoms with E-state index in [0.29, 0.717) is 85.2 Å². The van der Waals surface area contributed by atoms with Gasteiger partial charge in [-0.25, -0.2) is 28.8 Å². The summed E-state index contributed by atoms with van der Waals surface area (Å²) < 4.78 is 54.1. The van der Waals surface area contributed by atoms with Crippen LogP contribution >= 0.6 is 0 Å². The van der Waals surface area contributed by atoms with E-state index in [9.17, 15) is 28.8 Å². The van der Waals surface area contributed by atoms with Crippen molar-refractivity contribution in [1.82, 2.24) is 0 Å². The summed E-state index contributed by atoms with van der Waals surface area (Å²) in [5.74, 6) is -0.740. The molecule has 0 unspecified atom stereocenters. The van der Waals surface area contributed by atoms with Crippen LogP contribution in [0.4, 0.5) is 0 Å². The predicted molar refractivity (Wildman–Crippen MR) is 326 cm³/mol. The van der Waals surface area contributed by atoms with Crippen LogP contribution in [0.3, 0.4) is 0 Å². The lowest BCUT2D eigenvalue weighted by atomic mass is 10.0. The fraction of sp³-hybridized carbons (Fsp3) is 0.719. The first-order valence-electron chi connectivity index (χ1n) is 29.6. The number of hydrogen-bond donors (Lipinski definition) is 0. The summed E-state index contributed by atoms with van der Waals surface area (Å²) in [4.78, 5) is 63.5. The van der Waals surface area contributed by atoms with Gasteiger partial charge in [-0.1, -0.05) is 191 Å². The number of unbranched alkanes of at least 4 members (excludes halogenated alkanes) is 15. The molecule has 0 saturated heterocycles. The number of carbonyl (C=O) groups excluding carboxylic acids is 6. The standard InChI is InChI=1S/C13H24O2.C12H22O2.C11H20O2.C10H18O5.C10H18O4.C8H14O2/c1-3-5-6-7-8-9-10-11-12-15-13(14)4-2;1-4-12(13)14-10-8-6-5-7-9-11(2)3;1-3-5-6-7-8-9-10-13-11(12)4-2;1-3-10(11)15-9-8-14-7-6-13-5-4-12-2;1-3-5-12-6-7-13-8-9-14-10(11)4-2;1-4-8(9)10-6-5-7(2)3/h4H,2-3,5-12H2,1H3;4,11H,1,5-10H2,2-3H3;4H,2-3,5-10H2,1H3;3H,1,4-9H2,2H3;4H,2-3,5-9H2,1H3;4,7H,1,5-6H2,2-3H3. The molecule has 0 aliphatic rings. The molecule has 0 aliphatic carbocycles. The molecule has 17 nitrogen and oxygen atoms in total. The van der Waals surface area contributed by atoms with Crippen molar-refractivity contribution < 1.29 is 80.9 Å². The van der Waals surface area contributed by atoms with Gasteiger partial charge in [-0.15, -0.1) is 0 Å². The first kappa shape index (κ1) is 87.3. The van der Waals surface area contributed by atoms with Gasteiger partial charge in [0.25, 0.3) is 0 Å². The number of methoxy groups -OCH3 is 1. The molecule has 0 amide bonds. The largest absolute Gasteiger partial charge is 0.463 e. The van der Waals surface area contributed by atoms with Crippen molar-refractivity contribution in [1.29, 1.82) is 0 Å². The molecule has 0 N–H and O–H groups in total. The number of ether oxygens (including phenoxy) is 11. The van der Waals surface area contributed by atoms with Gasteiger partial charge in [0.15, 0.2) is 0 Å². The second-order valence-electron chi connectivity index (χ2n) is 18.7. The Kier molecular flexibility index (Phi) is 85.5. The zero-order chi connectivity index (χ0) is 62.1. The van der Waals surface area contributed by atoms with Crippen LogP contribution in [0.5, 0.6) is 0 Å². The Bertz CT molecular complexity index is 1420. The Morgan fingerprint density at radius 2 is 0.531 bits per heavy atom. The van der Waals surface area contributed by atoms with Gasteiger partial charge < -0.3 is 52.1 Å². The maximum Gasteiger partial charge on any atom is 0.330 e. The zero-order valence-electron chi connectivity index (χ0n) is 52.3. The molecule has 0 atom stereocenters. The van der Waals surface area contributed by atoms with E-state index in [1.807, 2.05) is 0 Å². The molecule has 0 aromatic carbocycles. The second kappa shape index (κ2) is 79.3. The summed E-state index contributed by atoms with van der Waals surface area (Å²) in [6.45, 7) is 42.4. The fourth-order valence-electron chi connectivity index (χ4n) is 5.73. The Labute approximate surface area is 492 Å². The first-order chi connectivity index (χ1) is 39.1. The van der Waals surface area contributed by atoms with Crippen LogP contribution in [0.1, 0.15) is 183 Å². The summed E-state index contributed by atoms with van der Waals surface area (Å²) in [6, 6.07) is 0. The minimum atomic E-state index is -0.435. The molecule has 0 aliphatic heterocycles. The smallest absolute Gasteiger partial charge is 0.330 e. The molecule has 0 spiro atoms. The summed E-state index contributed by atoms with van der Waals surface area (Å²) >= 11 is 0. The van der Waals surface area contributed by atoms with Gasteiger partial charge in [-0.2, -0.15) is 0 Å². The lowest BCUT2D eigenvalue weighted by Crippen LogP contribution is -2.12. The third-order valence-electron chi connectivity index (χ3n) is 10.3. The highest BCUT2D eigenvalue weighted by Crippen LogP contribution is 2.10. The maximum atomic E-state index is 10.7. The molecule has 0 bridgehead atoms. The van der Waals surface area contributed by atoms with E-state index in [1.165, 1.54) is 108 Å². The maximum absolute atomic E-state index is 10.7. The number of hydrogen-bond acceptors (Lipinski definition) is 17. The topological polar surface area (TPSA) is 204 Å². The highest BCUT2D eigenvalue weighted by atomic mass is 16.6. The molecular formula is C64H116O17. The molecule has 0 rings (SSSR count). The summed E-state index contributed by atoms with van der Waals surface area (Å²) in [5.41, 5.74) is 0. The van der Waals surface area contributed by atoms with Crippen LogP contribution < -0.4 is 0 Å². The van der Waals surface area contributed by atoms with Gasteiger partial charge in [0.05, 0.1) is 79.3 Å². The molecular weight excluding hydrogens is 1040 g/mol. The summed E-state index contributed by atoms with van der Waals surface area (Å²) in [5, 5.41) is 0. The number of rotatable bonds is 49. The Morgan fingerprint density at radius 1 is 0.284 bits per heavy atom. The van der Waals surface area contributed by atoms with Gasteiger partial charge >= 0.3 is 35.8 Å². The van der Waals surface area contributed by atoms with E-state index in [4.69, 9.17) is 52.1 Å². The van der Waals surface area contributed by atoms with Crippen molar-refractivity contribution in [3.05, 3.63) is 75.9 Å². The van der Waals surface area contributed by atoms with Gasteiger partial charge in [-0.3, -0.25) is 0 Å². The monoisotopic (exact) mass is 1160 g/mol. The van der Waals surface area contributed by atoms with Gasteiger partial charge in [0.2, 0.25) is 0 Å². The minimum absolute atomic E-state index is 0.239. The molecule has 17 heteroatoms. The van der Waals surface area contributed by atoms with Crippen molar-refractivity contribution in [3.63, 3.8) is 0 Å². The van der Waals surface area contributed by atoms with E-state index in [1.54, 1.807) is 7.11 Å². The average molecular weight is 1160 g/mol. The molecule has 0 aromatic rings. The van der Waals surface area contributed by atoms with Crippen molar-refractivity contribution in [2.75, 3.05) is 106 Å². The average Bonchev–Trinajstić information content (AvgIpc) is 3.46. The van der Waals surface area contributed by atoms with E-state index in [0.717, 1.165) is 76.0 Å². The number of esters is 6. The fourth-order valence-corrected chi connectivity index (χ4v) is 5.73. The van der Waals surface area contributed by atoms with Crippen LogP contribution in [0.2, 0.25) is 0 Å². The molecule has 0 aromatic heterocycles. The van der Waals surface area contributed by atoms with Crippen molar-refractivity contribution in [2.24, 2.45) is 11.8 Å². The second-order valence-corrected chi connectivity index (χ2v) is 18.7. The lowest BCUT2D eigenvalue weighted by Gasteiger charge is -2.05. The van der Waals surface area contributed by atoms with Gasteiger partial charge in [-0.05, 0) is 43.9 Å². The van der Waals surface area contributed by atoms with Crippen molar-refractivity contribution in [3.8, 4) is 0 Å². The molecule has 0 fully saturated rings. The Morgan fingerprint density at radius 3 is 0.815 bits per heavy atom. The first-order valence-corrected chi connectivity index (χ1v) is 29.6. The van der Waals surface area contributed by atoms with Crippen LogP contribution in [0.15, 0.2) is 75.9 Å². The quantitative estimate of drug-likeness (QED) is 0.0240. The minimum Gasteiger partial charge on any atom is -0.463 e. The van der Waals surface area contributed by atoms with Crippen LogP contribution in [0.25, 0.3) is 0 Å². The van der Waals surface area contributed by atoms with Gasteiger partial charge in [0, 0.05) is 50.2 Å². The van der Waals surface area contributed by atoms with Crippen molar-refractivity contribution >= 4 is 35.8 Å². The van der Waals surface area contributed by atoms with E-state index >= 15 is 0 Å². The third kappa shape index (κ3) is 97.6. The highest BCUT2D eigenvalue weighted by Gasteiger charge is 2.01. The molecule has 81 heavy (non-hydrogen) atoms. The number of carbonyl (C=O) groups is 6. The van der Waals surface area contributed by atoms with Crippen molar-refractivity contribution in [2.45, 2.75) is 183 Å². The summed E-state index contributed by atoms with van der Waals surface area (Å²) in [7, 11) is 1.62. The van der Waals surface area contributed by atoms with Crippen LogP contribution in [0, 0.1) is 11.8 Å². The Balaban J connectivity index is -0.000000209. The Hall–Kier alpha value is -4.94. The van der Waals surface area contributed by atoms with Gasteiger partial charge in [0.1, 0.15) is 13.2 Å². The van der Waals surface area contributed by atoms with Crippen LogP contribution in [-0.2, 0) is 80.9 Å². The molecule has 0 saturated carbocycles. The zero-order valence-corrected chi connectivity index (χ0v) is 52.3. The van der Waals surface area contributed by atoms with E-state index in [2.05, 4.69) is 87.9 Å². The molecule has 0 radical (unpaired) electrons. The normalized spacial score (nSPS) is 9.85. The predicted octanol–water partition coefficient (Wildman–Crippen LogP) is 13.6. The summed E-state index contributed by atoms with van der Waals surface area (Å²) in [6.07, 6.45) is 32.3. The molecule has 474 valence electrons. The lowest BCUT2D eigenvalue weighted by molar-refractivity contribution is -0.140. The SMILES string of the molecule is C=CC(=O)OCCC(C)C.C=CC(=O)OCCCCCCC(C)C.C=CC(=O)OCCCCCCCC.C=CC(=O)OCCCCCCCCCC.C=CC(=O)OCCOCCOCCC.C=CC(=O)OCCOCCOCCOC. The third-order valence-corrected chi connectivity index (χ3v) is 10.3. The molecule has 0 heterocycles. The van der Waals surface area contributed by atoms with Crippen LogP contribution in [-0.4, -0.2) is 142 Å². The van der Waals surface area contributed by atoms with E-state index < -0.39 is 11.9 Å². The van der Waals surface area contributed by atoms with E-state index in [-0.39, 0.29) is 37.1 Å².